The van der Waals surface area contributed by atoms with Crippen molar-refractivity contribution in [3.05, 3.63) is 60.2 Å². The van der Waals surface area contributed by atoms with Crippen LogP contribution in [0.4, 0.5) is 5.69 Å². The molecule has 0 fully saturated rings. The van der Waals surface area contributed by atoms with E-state index in [1.54, 1.807) is 11.8 Å². The van der Waals surface area contributed by atoms with Crippen molar-refractivity contribution in [1.29, 1.82) is 0 Å². The minimum absolute atomic E-state index is 0. The number of allylic oxidation sites excluding steroid dienone is 2. The molecule has 0 saturated carbocycles. The average Bonchev–Trinajstić information content (AvgIpc) is 2.49. The van der Waals surface area contributed by atoms with Gasteiger partial charge in [0.15, 0.2) is 0 Å². The number of hydrogen-bond donors (Lipinski definition) is 1. The molecule has 0 aliphatic carbocycles. The van der Waals surface area contributed by atoms with Gasteiger partial charge >= 0.3 is 0 Å². The second kappa shape index (κ2) is 9.60. The van der Waals surface area contributed by atoms with E-state index < -0.39 is 0 Å². The Morgan fingerprint density at radius 1 is 1.06 bits per heavy atom. The van der Waals surface area contributed by atoms with E-state index >= 15 is 0 Å². The van der Waals surface area contributed by atoms with E-state index in [-0.39, 0.29) is 1.43 Å². The van der Waals surface area contributed by atoms with E-state index in [1.807, 2.05) is 52.0 Å². The first-order valence-electron chi connectivity index (χ1n) is 6.38. The highest BCUT2D eigenvalue weighted by Gasteiger charge is 2.13. The Bertz CT molecular complexity index is 386. The number of anilines is 1. The van der Waals surface area contributed by atoms with E-state index in [4.69, 9.17) is 0 Å². The maximum Gasteiger partial charge on any atom is 0.0526 e. The Morgan fingerprint density at radius 2 is 1.67 bits per heavy atom. The minimum atomic E-state index is 0. The molecule has 100 valence electrons. The molecule has 18 heavy (non-hydrogen) atoms. The van der Waals surface area contributed by atoms with Gasteiger partial charge in [-0.1, -0.05) is 70.8 Å². The first-order chi connectivity index (χ1) is 8.85. The van der Waals surface area contributed by atoms with Crippen LogP contribution in [0.15, 0.2) is 65.1 Å². The molecule has 2 heteroatoms. The van der Waals surface area contributed by atoms with Crippen LogP contribution >= 0.6 is 11.8 Å². The number of fused-ring (bicyclic) bond motifs is 1. The summed E-state index contributed by atoms with van der Waals surface area (Å²) >= 11 is 1.72. The molecule has 1 aliphatic heterocycles. The van der Waals surface area contributed by atoms with Gasteiger partial charge in [0.2, 0.25) is 0 Å². The van der Waals surface area contributed by atoms with Gasteiger partial charge in [0.1, 0.15) is 0 Å². The fourth-order valence-electron chi connectivity index (χ4n) is 1.34. The fourth-order valence-corrected chi connectivity index (χ4v) is 2.28. The lowest BCUT2D eigenvalue weighted by molar-refractivity contribution is 1.35. The smallest absolute Gasteiger partial charge is 0.0526 e. The lowest BCUT2D eigenvalue weighted by Crippen LogP contribution is -2.04. The molecule has 0 atom stereocenters. The maximum atomic E-state index is 3.79. The van der Waals surface area contributed by atoms with Gasteiger partial charge < -0.3 is 5.32 Å². The van der Waals surface area contributed by atoms with Gasteiger partial charge in [0.25, 0.3) is 0 Å². The Balaban J connectivity index is 0. The van der Waals surface area contributed by atoms with Gasteiger partial charge in [0, 0.05) is 11.2 Å². The first kappa shape index (κ1) is 16.6. The molecule has 0 saturated heterocycles. The Hall–Kier alpha value is -1.41. The molecular weight excluding hydrogens is 238 g/mol. The lowest BCUT2D eigenvalue weighted by Gasteiger charge is -2.20. The van der Waals surface area contributed by atoms with Gasteiger partial charge in [0.05, 0.1) is 11.4 Å². The summed E-state index contributed by atoms with van der Waals surface area (Å²) in [7, 11) is 0. The van der Waals surface area contributed by atoms with Crippen molar-refractivity contribution in [1.82, 2.24) is 0 Å². The predicted molar refractivity (Wildman–Crippen MR) is 88.2 cm³/mol. The monoisotopic (exact) mass is 263 g/mol. The average molecular weight is 263 g/mol. The van der Waals surface area contributed by atoms with Crippen molar-refractivity contribution in [2.75, 3.05) is 5.32 Å². The largest absolute Gasteiger partial charge is 0.354 e. The summed E-state index contributed by atoms with van der Waals surface area (Å²) in [5.74, 6) is 0. The third-order valence-corrected chi connectivity index (χ3v) is 3.21. The molecule has 1 heterocycles. The molecule has 1 N–H and O–H groups in total. The van der Waals surface area contributed by atoms with Gasteiger partial charge in [-0.25, -0.2) is 0 Å². The van der Waals surface area contributed by atoms with Crippen LogP contribution in [0.2, 0.25) is 0 Å². The van der Waals surface area contributed by atoms with Crippen LogP contribution < -0.4 is 5.32 Å². The summed E-state index contributed by atoms with van der Waals surface area (Å²) < 4.78 is 0. The quantitative estimate of drug-likeness (QED) is 0.693. The van der Waals surface area contributed by atoms with Crippen molar-refractivity contribution in [2.24, 2.45) is 0 Å². The van der Waals surface area contributed by atoms with Crippen molar-refractivity contribution < 1.29 is 1.43 Å². The SMILES string of the molecule is C=CC1=C(C=C)Sc2ccccc2N1.CC.CC.[HH]. The van der Waals surface area contributed by atoms with E-state index in [2.05, 4.69) is 30.6 Å². The van der Waals surface area contributed by atoms with Crippen molar-refractivity contribution >= 4 is 17.4 Å². The summed E-state index contributed by atoms with van der Waals surface area (Å²) in [5, 5.41) is 3.32. The Morgan fingerprint density at radius 3 is 2.22 bits per heavy atom. The molecule has 0 aromatic heterocycles. The highest BCUT2D eigenvalue weighted by molar-refractivity contribution is 8.03. The highest BCUT2D eigenvalue weighted by atomic mass is 32.2. The maximum absolute atomic E-state index is 3.79. The van der Waals surface area contributed by atoms with Crippen LogP contribution in [0.3, 0.4) is 0 Å². The summed E-state index contributed by atoms with van der Waals surface area (Å²) in [4.78, 5) is 2.35. The van der Waals surface area contributed by atoms with Crippen LogP contribution in [0.1, 0.15) is 29.1 Å². The van der Waals surface area contributed by atoms with Crippen molar-refractivity contribution in [3.63, 3.8) is 0 Å². The van der Waals surface area contributed by atoms with Gasteiger partial charge in [-0.3, -0.25) is 0 Å². The summed E-state index contributed by atoms with van der Waals surface area (Å²) in [6.07, 6.45) is 3.67. The molecular formula is C16H25NS. The van der Waals surface area contributed by atoms with E-state index in [0.29, 0.717) is 0 Å². The number of benzene rings is 1. The highest BCUT2D eigenvalue weighted by Crippen LogP contribution is 2.39. The number of rotatable bonds is 2. The van der Waals surface area contributed by atoms with Gasteiger partial charge in [-0.2, -0.15) is 0 Å². The lowest BCUT2D eigenvalue weighted by atomic mass is 10.3. The van der Waals surface area contributed by atoms with Crippen molar-refractivity contribution in [2.45, 2.75) is 32.6 Å². The van der Waals surface area contributed by atoms with E-state index in [1.165, 1.54) is 4.90 Å². The van der Waals surface area contributed by atoms with Gasteiger partial charge in [-0.05, 0) is 18.2 Å². The number of thioether (sulfide) groups is 1. The van der Waals surface area contributed by atoms with Crippen LogP contribution in [0.5, 0.6) is 0 Å². The summed E-state index contributed by atoms with van der Waals surface area (Å²) in [6.45, 7) is 15.6. The van der Waals surface area contributed by atoms with Crippen LogP contribution in [-0.2, 0) is 0 Å². The molecule has 1 aromatic carbocycles. The molecule has 0 spiro atoms. The van der Waals surface area contributed by atoms with Crippen LogP contribution in [0.25, 0.3) is 0 Å². The van der Waals surface area contributed by atoms with Crippen molar-refractivity contribution in [3.8, 4) is 0 Å². The number of para-hydroxylation sites is 1. The van der Waals surface area contributed by atoms with E-state index in [0.717, 1.165) is 16.3 Å². The molecule has 0 radical (unpaired) electrons. The third-order valence-electron chi connectivity index (χ3n) is 2.03. The number of nitrogens with one attached hydrogen (secondary N) is 1. The van der Waals surface area contributed by atoms with Crippen LogP contribution in [0, 0.1) is 0 Å². The molecule has 0 amide bonds. The second-order valence-electron chi connectivity index (χ2n) is 2.91. The molecule has 1 aliphatic rings. The first-order valence-corrected chi connectivity index (χ1v) is 7.20. The minimum Gasteiger partial charge on any atom is -0.354 e. The third kappa shape index (κ3) is 4.11. The van der Waals surface area contributed by atoms with Gasteiger partial charge in [-0.15, -0.1) is 0 Å². The topological polar surface area (TPSA) is 12.0 Å². The Labute approximate surface area is 117 Å². The molecule has 1 aromatic rings. The van der Waals surface area contributed by atoms with Crippen LogP contribution in [-0.4, -0.2) is 0 Å². The zero-order valence-corrected chi connectivity index (χ0v) is 12.6. The predicted octanol–water partition coefficient (Wildman–Crippen LogP) is 6.09. The normalized spacial score (nSPS) is 11.8. The number of hydrogen-bond acceptors (Lipinski definition) is 2. The summed E-state index contributed by atoms with van der Waals surface area (Å²) in [5.41, 5.74) is 2.17. The second-order valence-corrected chi connectivity index (χ2v) is 3.99. The molecule has 2 rings (SSSR count). The zero-order valence-electron chi connectivity index (χ0n) is 11.8. The zero-order chi connectivity index (χ0) is 14.0. The molecule has 0 unspecified atom stereocenters. The molecule has 1 nitrogen and oxygen atoms in total. The summed E-state index contributed by atoms with van der Waals surface area (Å²) in [6, 6.07) is 8.21. The fraction of sp³-hybridized carbons (Fsp3) is 0.250. The van der Waals surface area contributed by atoms with E-state index in [9.17, 15) is 0 Å². The standard InChI is InChI=1S/C12H11NS.2C2H6.H2/c1-3-9-11(4-2)14-12-8-6-5-7-10(12)13-9;2*1-2;/h3-8,13H,1-2H2;2*1-2H3;1H. The molecule has 0 bridgehead atoms. The Kier molecular flexibility index (Phi) is 8.85.